The van der Waals surface area contributed by atoms with Crippen molar-refractivity contribution in [1.29, 1.82) is 0 Å². The van der Waals surface area contributed by atoms with Crippen LogP contribution in [0.2, 0.25) is 0 Å². The summed E-state index contributed by atoms with van der Waals surface area (Å²) in [5.41, 5.74) is 3.15. The van der Waals surface area contributed by atoms with Crippen molar-refractivity contribution in [2.75, 3.05) is 18.4 Å². The Morgan fingerprint density at radius 2 is 1.83 bits per heavy atom. The lowest BCUT2D eigenvalue weighted by Crippen LogP contribution is -2.60. The van der Waals surface area contributed by atoms with E-state index in [-0.39, 0.29) is 17.3 Å². The van der Waals surface area contributed by atoms with Crippen molar-refractivity contribution in [2.24, 2.45) is 5.41 Å². The predicted molar refractivity (Wildman–Crippen MR) is 112 cm³/mol. The number of aromatic nitrogens is 1. The van der Waals surface area contributed by atoms with E-state index >= 15 is 0 Å². The van der Waals surface area contributed by atoms with Crippen LogP contribution in [0.25, 0.3) is 10.9 Å². The Morgan fingerprint density at radius 1 is 1.07 bits per heavy atom. The van der Waals surface area contributed by atoms with Gasteiger partial charge < -0.3 is 10.2 Å². The molecule has 1 aliphatic heterocycles. The summed E-state index contributed by atoms with van der Waals surface area (Å²) in [6, 6.07) is 16.5. The summed E-state index contributed by atoms with van der Waals surface area (Å²) in [6.07, 6.45) is 6.18. The van der Waals surface area contributed by atoms with E-state index in [1.807, 2.05) is 47.5 Å². The number of para-hydroxylation sites is 1. The maximum atomic E-state index is 13.8. The highest BCUT2D eigenvalue weighted by Crippen LogP contribution is 2.49. The molecule has 1 saturated carbocycles. The SMILES string of the molecule is O=C(Nc1ccccc1)N1CC2(CCC(c3ccnc4ccc(F)cc34)CC2)C1. The standard InChI is InChI=1S/C24H24FN3O/c25-18-6-7-22-21(14-18)20(10-13-26-22)17-8-11-24(12-9-17)15-28(16-24)23(29)27-19-4-2-1-3-5-19/h1-7,10,13-14,17H,8-9,11-12,15-16H2,(H,27,29). The number of hydrogen-bond acceptors (Lipinski definition) is 2. The number of amides is 2. The molecule has 29 heavy (non-hydrogen) atoms. The minimum atomic E-state index is -0.210. The summed E-state index contributed by atoms with van der Waals surface area (Å²) in [6.45, 7) is 1.65. The molecule has 0 radical (unpaired) electrons. The highest BCUT2D eigenvalue weighted by molar-refractivity contribution is 5.90. The van der Waals surface area contributed by atoms with E-state index in [1.165, 1.54) is 11.6 Å². The first-order chi connectivity index (χ1) is 14.1. The van der Waals surface area contributed by atoms with Crippen LogP contribution in [0.3, 0.4) is 0 Å². The molecule has 1 N–H and O–H groups in total. The third kappa shape index (κ3) is 3.46. The van der Waals surface area contributed by atoms with Gasteiger partial charge in [0.25, 0.3) is 0 Å². The second-order valence-corrected chi connectivity index (χ2v) is 8.49. The topological polar surface area (TPSA) is 45.2 Å². The Labute approximate surface area is 169 Å². The van der Waals surface area contributed by atoms with Crippen molar-refractivity contribution >= 4 is 22.6 Å². The molecule has 2 fully saturated rings. The van der Waals surface area contributed by atoms with Crippen LogP contribution in [-0.2, 0) is 0 Å². The van der Waals surface area contributed by atoms with Crippen LogP contribution >= 0.6 is 0 Å². The quantitative estimate of drug-likeness (QED) is 0.623. The molecule has 2 aliphatic rings. The van der Waals surface area contributed by atoms with E-state index < -0.39 is 0 Å². The van der Waals surface area contributed by atoms with Crippen LogP contribution in [0.4, 0.5) is 14.9 Å². The molecule has 1 aromatic heterocycles. The fraction of sp³-hybridized carbons (Fsp3) is 0.333. The predicted octanol–water partition coefficient (Wildman–Crippen LogP) is 5.57. The van der Waals surface area contributed by atoms with Gasteiger partial charge in [-0.3, -0.25) is 4.98 Å². The van der Waals surface area contributed by atoms with Gasteiger partial charge in [-0.2, -0.15) is 0 Å². The Morgan fingerprint density at radius 3 is 2.59 bits per heavy atom. The number of pyridine rings is 1. The lowest BCUT2D eigenvalue weighted by molar-refractivity contribution is 0.000763. The first-order valence-corrected chi connectivity index (χ1v) is 10.3. The fourth-order valence-electron chi connectivity index (χ4n) is 4.98. The zero-order valence-corrected chi connectivity index (χ0v) is 16.3. The third-order valence-corrected chi connectivity index (χ3v) is 6.59. The maximum absolute atomic E-state index is 13.8. The molecule has 1 saturated heterocycles. The van der Waals surface area contributed by atoms with E-state index in [4.69, 9.17) is 0 Å². The molecule has 4 nitrogen and oxygen atoms in total. The molecule has 3 aromatic rings. The van der Waals surface area contributed by atoms with Crippen LogP contribution in [-0.4, -0.2) is 29.0 Å². The smallest absolute Gasteiger partial charge is 0.321 e. The van der Waals surface area contributed by atoms with Crippen molar-refractivity contribution in [3.8, 4) is 0 Å². The highest BCUT2D eigenvalue weighted by atomic mass is 19.1. The average molecular weight is 389 g/mol. The summed E-state index contributed by atoms with van der Waals surface area (Å²) in [5, 5.41) is 3.91. The van der Waals surface area contributed by atoms with Gasteiger partial charge in [0.15, 0.2) is 0 Å². The molecule has 2 amide bonds. The molecule has 5 heteroatoms. The summed E-state index contributed by atoms with van der Waals surface area (Å²) in [4.78, 5) is 18.7. The minimum Gasteiger partial charge on any atom is -0.323 e. The van der Waals surface area contributed by atoms with Gasteiger partial charge in [0.2, 0.25) is 0 Å². The van der Waals surface area contributed by atoms with Crippen molar-refractivity contribution in [3.63, 3.8) is 0 Å². The molecule has 0 bridgehead atoms. The van der Waals surface area contributed by atoms with Gasteiger partial charge >= 0.3 is 6.03 Å². The van der Waals surface area contributed by atoms with E-state index in [0.717, 1.165) is 55.4 Å². The van der Waals surface area contributed by atoms with Crippen molar-refractivity contribution < 1.29 is 9.18 Å². The molecular formula is C24H24FN3O. The molecule has 2 aromatic carbocycles. The first kappa shape index (κ1) is 18.1. The number of rotatable bonds is 2. The number of nitrogens with zero attached hydrogens (tertiary/aromatic N) is 2. The van der Waals surface area contributed by atoms with Gasteiger partial charge in [-0.15, -0.1) is 0 Å². The van der Waals surface area contributed by atoms with Gasteiger partial charge in [0, 0.05) is 35.8 Å². The fourth-order valence-corrected chi connectivity index (χ4v) is 4.98. The largest absolute Gasteiger partial charge is 0.323 e. The zero-order chi connectivity index (χ0) is 19.8. The van der Waals surface area contributed by atoms with Crippen LogP contribution in [0.1, 0.15) is 37.2 Å². The van der Waals surface area contributed by atoms with Gasteiger partial charge in [-0.1, -0.05) is 18.2 Å². The molecule has 148 valence electrons. The number of halogens is 1. The van der Waals surface area contributed by atoms with E-state index in [9.17, 15) is 9.18 Å². The lowest BCUT2D eigenvalue weighted by atomic mass is 9.64. The number of likely N-dealkylation sites (tertiary alicyclic amines) is 1. The van der Waals surface area contributed by atoms with Crippen molar-refractivity contribution in [2.45, 2.75) is 31.6 Å². The zero-order valence-electron chi connectivity index (χ0n) is 16.3. The number of hydrogen-bond donors (Lipinski definition) is 1. The number of anilines is 1. The second-order valence-electron chi connectivity index (χ2n) is 8.49. The van der Waals surface area contributed by atoms with Crippen molar-refractivity contribution in [1.82, 2.24) is 9.88 Å². The Balaban J connectivity index is 1.22. The van der Waals surface area contributed by atoms with Crippen molar-refractivity contribution in [3.05, 3.63) is 72.2 Å². The number of fused-ring (bicyclic) bond motifs is 1. The second kappa shape index (κ2) is 7.14. The summed E-state index contributed by atoms with van der Waals surface area (Å²) >= 11 is 0. The molecule has 1 spiro atoms. The molecule has 1 aliphatic carbocycles. The summed E-state index contributed by atoms with van der Waals surface area (Å²) in [5.74, 6) is 0.221. The number of urea groups is 1. The normalized spacial score (nSPS) is 18.6. The number of nitrogens with one attached hydrogen (secondary N) is 1. The minimum absolute atomic E-state index is 0.0143. The maximum Gasteiger partial charge on any atom is 0.321 e. The van der Waals surface area contributed by atoms with Crippen LogP contribution in [0.5, 0.6) is 0 Å². The average Bonchev–Trinajstić information content (AvgIpc) is 2.72. The van der Waals surface area contributed by atoms with E-state index in [2.05, 4.69) is 10.3 Å². The Hall–Kier alpha value is -2.95. The third-order valence-electron chi connectivity index (χ3n) is 6.59. The number of carbonyl (C=O) groups excluding carboxylic acids is 1. The first-order valence-electron chi connectivity index (χ1n) is 10.3. The summed E-state index contributed by atoms with van der Waals surface area (Å²) in [7, 11) is 0. The van der Waals surface area contributed by atoms with E-state index in [0.29, 0.717) is 5.92 Å². The Bertz CT molecular complexity index is 1040. The van der Waals surface area contributed by atoms with Gasteiger partial charge in [-0.25, -0.2) is 9.18 Å². The van der Waals surface area contributed by atoms with Crippen LogP contribution in [0.15, 0.2) is 60.8 Å². The van der Waals surface area contributed by atoms with Gasteiger partial charge in [0.1, 0.15) is 5.82 Å². The van der Waals surface area contributed by atoms with Gasteiger partial charge in [0.05, 0.1) is 5.52 Å². The Kier molecular flexibility index (Phi) is 4.46. The monoisotopic (exact) mass is 389 g/mol. The van der Waals surface area contributed by atoms with E-state index in [1.54, 1.807) is 12.1 Å². The molecule has 0 unspecified atom stereocenters. The molecule has 2 heterocycles. The highest BCUT2D eigenvalue weighted by Gasteiger charge is 2.47. The number of carbonyl (C=O) groups is 1. The van der Waals surface area contributed by atoms with Gasteiger partial charge in [-0.05, 0) is 73.6 Å². The number of benzene rings is 2. The van der Waals surface area contributed by atoms with Crippen LogP contribution in [0, 0.1) is 11.2 Å². The van der Waals surface area contributed by atoms with Crippen LogP contribution < -0.4 is 5.32 Å². The molecular weight excluding hydrogens is 365 g/mol. The lowest BCUT2D eigenvalue weighted by Gasteiger charge is -2.53. The molecule has 5 rings (SSSR count). The summed E-state index contributed by atoms with van der Waals surface area (Å²) < 4.78 is 13.8. The molecule has 0 atom stereocenters.